The summed E-state index contributed by atoms with van der Waals surface area (Å²) in [7, 11) is 0. The van der Waals surface area contributed by atoms with Crippen LogP contribution in [-0.4, -0.2) is 36.5 Å². The van der Waals surface area contributed by atoms with Crippen LogP contribution >= 0.6 is 0 Å². The fourth-order valence-corrected chi connectivity index (χ4v) is 2.15. The number of carbonyl (C=O) groups excluding carboxylic acids is 1. The summed E-state index contributed by atoms with van der Waals surface area (Å²) in [6, 6.07) is 0.551. The van der Waals surface area contributed by atoms with Gasteiger partial charge < -0.3 is 11.5 Å². The van der Waals surface area contributed by atoms with Crippen molar-refractivity contribution < 1.29 is 4.79 Å². The van der Waals surface area contributed by atoms with Crippen molar-refractivity contribution in [1.29, 1.82) is 0 Å². The van der Waals surface area contributed by atoms with E-state index in [1.165, 1.54) is 12.8 Å². The zero-order chi connectivity index (χ0) is 11.4. The Hall–Kier alpha value is -0.610. The molecule has 0 aromatic heterocycles. The van der Waals surface area contributed by atoms with Gasteiger partial charge in [-0.3, -0.25) is 9.69 Å². The first-order valence-corrected chi connectivity index (χ1v) is 5.78. The largest absolute Gasteiger partial charge is 0.369 e. The number of likely N-dealkylation sites (tertiary alicyclic amines) is 1. The predicted octanol–water partition coefficient (Wildman–Crippen LogP) is 0.167. The van der Waals surface area contributed by atoms with Gasteiger partial charge in [0, 0.05) is 25.0 Å². The second-order valence-electron chi connectivity index (χ2n) is 4.79. The van der Waals surface area contributed by atoms with Crippen molar-refractivity contribution >= 4 is 5.91 Å². The number of nitrogens with two attached hydrogens (primary N) is 2. The topological polar surface area (TPSA) is 72.3 Å². The van der Waals surface area contributed by atoms with Crippen molar-refractivity contribution in [2.75, 3.05) is 19.6 Å². The average Bonchev–Trinajstić information content (AvgIpc) is 2.21. The third-order valence-electron chi connectivity index (χ3n) is 3.44. The molecule has 0 aromatic rings. The highest BCUT2D eigenvalue weighted by Gasteiger charge is 2.26. The van der Waals surface area contributed by atoms with Gasteiger partial charge in [0.2, 0.25) is 5.91 Å². The van der Waals surface area contributed by atoms with Crippen molar-refractivity contribution in [3.05, 3.63) is 0 Å². The molecule has 88 valence electrons. The fourth-order valence-electron chi connectivity index (χ4n) is 2.15. The van der Waals surface area contributed by atoms with Crippen molar-refractivity contribution in [3.8, 4) is 0 Å². The molecule has 1 aliphatic rings. The van der Waals surface area contributed by atoms with Crippen LogP contribution in [-0.2, 0) is 4.79 Å². The molecule has 1 rings (SSSR count). The molecule has 0 radical (unpaired) electrons. The van der Waals surface area contributed by atoms with Gasteiger partial charge in [-0.1, -0.05) is 6.92 Å². The van der Waals surface area contributed by atoms with E-state index in [1.807, 2.05) is 6.92 Å². The summed E-state index contributed by atoms with van der Waals surface area (Å²) in [5, 5.41) is 0. The van der Waals surface area contributed by atoms with Crippen LogP contribution < -0.4 is 11.5 Å². The van der Waals surface area contributed by atoms with Gasteiger partial charge in [-0.25, -0.2) is 0 Å². The Kier molecular flexibility index (Phi) is 4.54. The average molecular weight is 213 g/mol. The monoisotopic (exact) mass is 213 g/mol. The summed E-state index contributed by atoms with van der Waals surface area (Å²) >= 11 is 0. The molecule has 1 amide bonds. The minimum Gasteiger partial charge on any atom is -0.369 e. The van der Waals surface area contributed by atoms with E-state index in [-0.39, 0.29) is 11.8 Å². The third kappa shape index (κ3) is 3.47. The maximum absolute atomic E-state index is 11.0. The molecular formula is C11H23N3O. The maximum atomic E-state index is 11.0. The van der Waals surface area contributed by atoms with Crippen LogP contribution in [0.4, 0.5) is 0 Å². The van der Waals surface area contributed by atoms with Gasteiger partial charge in [0.1, 0.15) is 0 Å². The highest BCUT2D eigenvalue weighted by atomic mass is 16.1. The van der Waals surface area contributed by atoms with Gasteiger partial charge >= 0.3 is 0 Å². The first kappa shape index (κ1) is 12.5. The van der Waals surface area contributed by atoms with Crippen LogP contribution in [0.5, 0.6) is 0 Å². The Balaban J connectivity index is 2.47. The lowest BCUT2D eigenvalue weighted by Crippen LogP contribution is -2.47. The minimum atomic E-state index is -0.211. The molecule has 0 aromatic carbocycles. The highest BCUT2D eigenvalue weighted by molar-refractivity contribution is 5.76. The van der Waals surface area contributed by atoms with E-state index < -0.39 is 0 Å². The number of primary amides is 1. The molecule has 0 spiro atoms. The second-order valence-corrected chi connectivity index (χ2v) is 4.79. The predicted molar refractivity (Wildman–Crippen MR) is 61.2 cm³/mol. The number of amides is 1. The molecule has 0 bridgehead atoms. The second kappa shape index (κ2) is 5.47. The molecule has 3 unspecified atom stereocenters. The quantitative estimate of drug-likeness (QED) is 0.699. The maximum Gasteiger partial charge on any atom is 0.221 e. The van der Waals surface area contributed by atoms with E-state index in [4.69, 9.17) is 11.5 Å². The number of hydrogen-bond donors (Lipinski definition) is 2. The lowest BCUT2D eigenvalue weighted by Gasteiger charge is -2.38. The van der Waals surface area contributed by atoms with Gasteiger partial charge in [-0.15, -0.1) is 0 Å². The van der Waals surface area contributed by atoms with Crippen LogP contribution in [0.15, 0.2) is 0 Å². The Morgan fingerprint density at radius 2 is 2.20 bits per heavy atom. The van der Waals surface area contributed by atoms with Crippen LogP contribution in [0.25, 0.3) is 0 Å². The first-order chi connectivity index (χ1) is 7.04. The number of piperidine rings is 1. The van der Waals surface area contributed by atoms with Crippen molar-refractivity contribution in [3.63, 3.8) is 0 Å². The van der Waals surface area contributed by atoms with Gasteiger partial charge in [-0.2, -0.15) is 0 Å². The molecule has 15 heavy (non-hydrogen) atoms. The van der Waals surface area contributed by atoms with Crippen molar-refractivity contribution in [2.24, 2.45) is 23.3 Å². The molecule has 1 heterocycles. The van der Waals surface area contributed by atoms with Crippen LogP contribution in [0.3, 0.4) is 0 Å². The first-order valence-electron chi connectivity index (χ1n) is 5.78. The summed E-state index contributed by atoms with van der Waals surface area (Å²) < 4.78 is 0. The lowest BCUT2D eigenvalue weighted by atomic mass is 9.92. The number of hydrogen-bond acceptors (Lipinski definition) is 3. The Bertz CT molecular complexity index is 220. The standard InChI is InChI=1S/C11H23N3O/c1-8(11(13)15)6-14-7-10(5-12)4-3-9(14)2/h8-10H,3-7,12H2,1-2H3,(H2,13,15). The van der Waals surface area contributed by atoms with Crippen LogP contribution in [0.1, 0.15) is 26.7 Å². The van der Waals surface area contributed by atoms with Crippen LogP contribution in [0, 0.1) is 11.8 Å². The smallest absolute Gasteiger partial charge is 0.221 e. The van der Waals surface area contributed by atoms with E-state index in [9.17, 15) is 4.79 Å². The number of carbonyl (C=O) groups is 1. The molecule has 1 aliphatic heterocycles. The molecule has 0 aliphatic carbocycles. The molecule has 1 saturated heterocycles. The Morgan fingerprint density at radius 3 is 2.73 bits per heavy atom. The van der Waals surface area contributed by atoms with E-state index in [0.29, 0.717) is 12.0 Å². The number of nitrogens with zero attached hydrogens (tertiary/aromatic N) is 1. The summed E-state index contributed by atoms with van der Waals surface area (Å²) in [6.07, 6.45) is 2.38. The third-order valence-corrected chi connectivity index (χ3v) is 3.44. The molecule has 4 nitrogen and oxygen atoms in total. The summed E-state index contributed by atoms with van der Waals surface area (Å²) in [6.45, 7) is 6.62. The lowest BCUT2D eigenvalue weighted by molar-refractivity contribution is -0.122. The summed E-state index contributed by atoms with van der Waals surface area (Å²) in [4.78, 5) is 13.3. The fraction of sp³-hybridized carbons (Fsp3) is 0.909. The number of rotatable bonds is 4. The molecule has 4 heteroatoms. The van der Waals surface area contributed by atoms with Gasteiger partial charge in [0.05, 0.1) is 0 Å². The minimum absolute atomic E-state index is 0.0658. The Labute approximate surface area is 92.0 Å². The Morgan fingerprint density at radius 1 is 1.53 bits per heavy atom. The van der Waals surface area contributed by atoms with Crippen molar-refractivity contribution in [1.82, 2.24) is 4.90 Å². The molecule has 3 atom stereocenters. The van der Waals surface area contributed by atoms with Gasteiger partial charge in [0.25, 0.3) is 0 Å². The highest BCUT2D eigenvalue weighted by Crippen LogP contribution is 2.21. The SMILES string of the molecule is CC(CN1CC(CN)CCC1C)C(N)=O. The van der Waals surface area contributed by atoms with E-state index in [0.717, 1.165) is 19.6 Å². The summed E-state index contributed by atoms with van der Waals surface area (Å²) in [5.74, 6) is 0.308. The van der Waals surface area contributed by atoms with Gasteiger partial charge in [0.15, 0.2) is 0 Å². The van der Waals surface area contributed by atoms with E-state index in [2.05, 4.69) is 11.8 Å². The zero-order valence-corrected chi connectivity index (χ0v) is 9.78. The van der Waals surface area contributed by atoms with E-state index in [1.54, 1.807) is 0 Å². The van der Waals surface area contributed by atoms with Crippen molar-refractivity contribution in [2.45, 2.75) is 32.7 Å². The molecular weight excluding hydrogens is 190 g/mol. The zero-order valence-electron chi connectivity index (χ0n) is 9.78. The molecule has 0 saturated carbocycles. The normalized spacial score (nSPS) is 30.1. The molecule has 1 fully saturated rings. The van der Waals surface area contributed by atoms with Crippen LogP contribution in [0.2, 0.25) is 0 Å². The molecule has 4 N–H and O–H groups in total. The van der Waals surface area contributed by atoms with Gasteiger partial charge in [-0.05, 0) is 32.2 Å². The van der Waals surface area contributed by atoms with E-state index >= 15 is 0 Å². The summed E-state index contributed by atoms with van der Waals surface area (Å²) in [5.41, 5.74) is 11.0.